The van der Waals surface area contributed by atoms with Gasteiger partial charge >= 0.3 is 11.9 Å². The standard InChI is InChI=1S/C52H67N2O4/c1-51(2)45(53(37-22-14-10-7-8-12-16-31-47(55)57-5)43-35-33-39-25-18-20-27-41(39)49(43)51)29-24-30-46-52(3,4)50-42-28-21-19-26-40(42)34-36-44(50)54(46)38-23-15-11-9-13-17-32-48(56)58-6/h18-21,24-30,33-36H,7-17,22-23,31-32,37-38H2,1-6H3/q+1. The molecule has 0 atom stereocenters. The van der Waals surface area contributed by atoms with E-state index < -0.39 is 0 Å². The van der Waals surface area contributed by atoms with Crippen molar-refractivity contribution in [2.75, 3.05) is 32.2 Å². The lowest BCUT2D eigenvalue weighted by molar-refractivity contribution is -0.438. The first-order chi connectivity index (χ1) is 28.1. The van der Waals surface area contributed by atoms with E-state index in [-0.39, 0.29) is 22.8 Å². The maximum Gasteiger partial charge on any atom is 0.305 e. The SMILES string of the molecule is COC(=O)CCCCCCCCC[N+]1=C(/C=C/C=C2\N(CCCCCCCCC(=O)OC)c3ccc4ccccc4c3C2(C)C)C(C)(C)c2c1ccc1ccccc21. The van der Waals surface area contributed by atoms with Gasteiger partial charge in [-0.25, -0.2) is 0 Å². The minimum atomic E-state index is -0.164. The zero-order chi connectivity index (χ0) is 41.1. The number of carbonyl (C=O) groups excluding carboxylic acids is 2. The van der Waals surface area contributed by atoms with E-state index in [1.165, 1.54) is 108 Å². The monoisotopic (exact) mass is 784 g/mol. The third-order valence-electron chi connectivity index (χ3n) is 12.7. The van der Waals surface area contributed by atoms with Crippen molar-refractivity contribution in [3.8, 4) is 0 Å². The lowest BCUT2D eigenvalue weighted by atomic mass is 9.79. The Balaban J connectivity index is 1.23. The highest BCUT2D eigenvalue weighted by Gasteiger charge is 2.45. The van der Waals surface area contributed by atoms with E-state index >= 15 is 0 Å². The van der Waals surface area contributed by atoms with Crippen molar-refractivity contribution in [1.29, 1.82) is 0 Å². The molecule has 0 saturated heterocycles. The van der Waals surface area contributed by atoms with Crippen molar-refractivity contribution < 1.29 is 23.6 Å². The minimum Gasteiger partial charge on any atom is -0.469 e. The number of unbranched alkanes of at least 4 members (excludes halogenated alkanes) is 11. The number of benzene rings is 4. The number of ether oxygens (including phenoxy) is 2. The number of anilines is 1. The number of esters is 2. The quantitative estimate of drug-likeness (QED) is 0.0478. The van der Waals surface area contributed by atoms with E-state index in [1.807, 2.05) is 0 Å². The molecule has 0 spiro atoms. The summed E-state index contributed by atoms with van der Waals surface area (Å²) in [5.41, 5.74) is 7.90. The summed E-state index contributed by atoms with van der Waals surface area (Å²) >= 11 is 0. The first kappa shape index (κ1) is 42.9. The van der Waals surface area contributed by atoms with Crippen molar-refractivity contribution >= 4 is 50.6 Å². The van der Waals surface area contributed by atoms with Gasteiger partial charge in [0.2, 0.25) is 5.69 Å². The maximum absolute atomic E-state index is 11.5. The van der Waals surface area contributed by atoms with Gasteiger partial charge < -0.3 is 14.4 Å². The summed E-state index contributed by atoms with van der Waals surface area (Å²) in [6, 6.07) is 27.0. The van der Waals surface area contributed by atoms with Crippen LogP contribution in [0.25, 0.3) is 21.5 Å². The molecule has 6 nitrogen and oxygen atoms in total. The average molecular weight is 784 g/mol. The Labute approximate surface area is 348 Å². The van der Waals surface area contributed by atoms with Crippen molar-refractivity contribution in [1.82, 2.24) is 0 Å². The molecule has 4 aromatic carbocycles. The Bertz CT molecular complexity index is 2160. The van der Waals surface area contributed by atoms with Crippen LogP contribution in [0.1, 0.15) is 135 Å². The Morgan fingerprint density at radius 1 is 0.603 bits per heavy atom. The van der Waals surface area contributed by atoms with E-state index in [0.29, 0.717) is 12.8 Å². The van der Waals surface area contributed by atoms with Gasteiger partial charge in [-0.2, -0.15) is 4.58 Å². The van der Waals surface area contributed by atoms with Crippen LogP contribution in [-0.4, -0.2) is 49.5 Å². The number of fused-ring (bicyclic) bond motifs is 6. The lowest BCUT2D eigenvalue weighted by Gasteiger charge is -2.27. The predicted octanol–water partition coefficient (Wildman–Crippen LogP) is 12.8. The molecule has 6 heteroatoms. The molecule has 0 bridgehead atoms. The van der Waals surface area contributed by atoms with Gasteiger partial charge in [-0.05, 0) is 84.8 Å². The predicted molar refractivity (Wildman–Crippen MR) is 242 cm³/mol. The molecular formula is C52H67N2O4+. The number of carbonyl (C=O) groups is 2. The molecule has 0 unspecified atom stereocenters. The van der Waals surface area contributed by atoms with Gasteiger partial charge in [-0.1, -0.05) is 126 Å². The van der Waals surface area contributed by atoms with Crippen LogP contribution in [0.5, 0.6) is 0 Å². The van der Waals surface area contributed by atoms with Crippen LogP contribution in [-0.2, 0) is 29.9 Å². The summed E-state index contributed by atoms with van der Waals surface area (Å²) in [6.07, 6.45) is 22.7. The zero-order valence-corrected chi connectivity index (χ0v) is 36.2. The van der Waals surface area contributed by atoms with Crippen LogP contribution >= 0.6 is 0 Å². The van der Waals surface area contributed by atoms with Gasteiger partial charge in [-0.15, -0.1) is 0 Å². The van der Waals surface area contributed by atoms with Gasteiger partial charge in [0.25, 0.3) is 0 Å². The molecule has 0 aromatic heterocycles. The summed E-state index contributed by atoms with van der Waals surface area (Å²) in [5.74, 6) is -0.209. The number of methoxy groups -OCH3 is 2. The highest BCUT2D eigenvalue weighted by molar-refractivity contribution is 6.07. The Hall–Kier alpha value is -4.71. The summed E-state index contributed by atoms with van der Waals surface area (Å²) in [5, 5.41) is 5.27. The first-order valence-electron chi connectivity index (χ1n) is 22.1. The fraction of sp³-hybridized carbons (Fsp3) is 0.481. The highest BCUT2D eigenvalue weighted by Crippen LogP contribution is 2.51. The van der Waals surface area contributed by atoms with Crippen LogP contribution in [0.15, 0.2) is 96.7 Å². The second-order valence-electron chi connectivity index (χ2n) is 17.5. The molecule has 0 aliphatic carbocycles. The van der Waals surface area contributed by atoms with Gasteiger partial charge in [0.1, 0.15) is 6.54 Å². The number of rotatable bonds is 21. The van der Waals surface area contributed by atoms with E-state index in [0.717, 1.165) is 58.0 Å². The molecule has 2 aliphatic rings. The topological polar surface area (TPSA) is 58.9 Å². The third kappa shape index (κ3) is 9.59. The summed E-state index contributed by atoms with van der Waals surface area (Å²) in [6.45, 7) is 11.6. The molecule has 0 fully saturated rings. The molecular weight excluding hydrogens is 717 g/mol. The third-order valence-corrected chi connectivity index (χ3v) is 12.7. The molecule has 0 radical (unpaired) electrons. The number of hydrogen-bond donors (Lipinski definition) is 0. The zero-order valence-electron chi connectivity index (χ0n) is 36.2. The molecule has 58 heavy (non-hydrogen) atoms. The van der Waals surface area contributed by atoms with Crippen LogP contribution in [0.2, 0.25) is 0 Å². The Morgan fingerprint density at radius 2 is 1.12 bits per heavy atom. The fourth-order valence-electron chi connectivity index (χ4n) is 9.66. The Kier molecular flexibility index (Phi) is 14.7. The molecule has 6 rings (SSSR count). The second kappa shape index (κ2) is 19.8. The van der Waals surface area contributed by atoms with E-state index in [4.69, 9.17) is 9.47 Å². The Morgan fingerprint density at radius 3 is 1.72 bits per heavy atom. The van der Waals surface area contributed by atoms with Gasteiger partial charge in [-0.3, -0.25) is 9.59 Å². The smallest absolute Gasteiger partial charge is 0.305 e. The van der Waals surface area contributed by atoms with Crippen LogP contribution in [0.4, 0.5) is 11.4 Å². The largest absolute Gasteiger partial charge is 0.469 e. The second-order valence-corrected chi connectivity index (χ2v) is 17.5. The number of allylic oxidation sites excluding steroid dienone is 4. The minimum absolute atomic E-state index is 0.102. The molecule has 2 aliphatic heterocycles. The lowest BCUT2D eigenvalue weighted by Crippen LogP contribution is -2.28. The van der Waals surface area contributed by atoms with Crippen LogP contribution in [0.3, 0.4) is 0 Å². The number of nitrogens with zero attached hydrogens (tertiary/aromatic N) is 2. The van der Waals surface area contributed by atoms with Crippen molar-refractivity contribution in [3.05, 3.63) is 108 Å². The van der Waals surface area contributed by atoms with E-state index in [2.05, 4.69) is 128 Å². The van der Waals surface area contributed by atoms with Gasteiger partial charge in [0.15, 0.2) is 5.71 Å². The molecule has 0 amide bonds. The van der Waals surface area contributed by atoms with Crippen molar-refractivity contribution in [2.45, 2.75) is 135 Å². The molecule has 0 saturated carbocycles. The molecule has 0 N–H and O–H groups in total. The van der Waals surface area contributed by atoms with Gasteiger partial charge in [0.05, 0.1) is 19.6 Å². The summed E-state index contributed by atoms with van der Waals surface area (Å²) < 4.78 is 12.2. The van der Waals surface area contributed by atoms with Crippen LogP contribution in [0, 0.1) is 0 Å². The summed E-state index contributed by atoms with van der Waals surface area (Å²) in [7, 11) is 2.94. The number of hydrogen-bond acceptors (Lipinski definition) is 5. The van der Waals surface area contributed by atoms with Crippen LogP contribution < -0.4 is 4.90 Å². The highest BCUT2D eigenvalue weighted by atomic mass is 16.5. The normalized spacial score (nSPS) is 16.2. The molecule has 308 valence electrons. The fourth-order valence-corrected chi connectivity index (χ4v) is 9.66. The van der Waals surface area contributed by atoms with Crippen molar-refractivity contribution in [2.24, 2.45) is 0 Å². The van der Waals surface area contributed by atoms with Crippen molar-refractivity contribution in [3.63, 3.8) is 0 Å². The van der Waals surface area contributed by atoms with Gasteiger partial charge in [0, 0.05) is 60.3 Å². The molecule has 4 aromatic rings. The van der Waals surface area contributed by atoms with E-state index in [9.17, 15) is 9.59 Å². The first-order valence-corrected chi connectivity index (χ1v) is 22.1. The van der Waals surface area contributed by atoms with E-state index in [1.54, 1.807) is 0 Å². The summed E-state index contributed by atoms with van der Waals surface area (Å²) in [4.78, 5) is 25.6. The average Bonchev–Trinajstić information content (AvgIpc) is 3.58. The molecule has 2 heterocycles. The maximum atomic E-state index is 11.5.